The topological polar surface area (TPSA) is 12.5 Å². The number of rotatable bonds is 7. The zero-order valence-electron chi connectivity index (χ0n) is 25.0. The average Bonchev–Trinajstić information content (AvgIpc) is 3.04. The van der Waals surface area contributed by atoms with Crippen molar-refractivity contribution in [2.24, 2.45) is 0 Å². The summed E-state index contributed by atoms with van der Waals surface area (Å²) < 4.78 is 7.03. The standard InChI is InChI=1S/C39H41NOSi/c1-38(2,3)42(35-25-15-7-16-26-35,36-27-17-8-18-28-36)37-31-40(29-30-41-37)39(32-19-9-4-10-20-32,33-21-11-5-12-22-33)34-23-13-6-14-24-34/h4-28,37H,29-31H2,1-3H3. The predicted molar refractivity (Wildman–Crippen MR) is 178 cm³/mol. The quantitative estimate of drug-likeness (QED) is 0.151. The minimum absolute atomic E-state index is 0.00170. The first kappa shape index (κ1) is 28.4. The second-order valence-corrected chi connectivity index (χ2v) is 17.3. The molecule has 0 spiro atoms. The van der Waals surface area contributed by atoms with Gasteiger partial charge in [-0.05, 0) is 21.7 Å². The van der Waals surface area contributed by atoms with E-state index in [4.69, 9.17) is 4.74 Å². The summed E-state index contributed by atoms with van der Waals surface area (Å²) in [5.74, 6) is 0. The number of benzene rings is 5. The maximum Gasteiger partial charge on any atom is 0.155 e. The summed E-state index contributed by atoms with van der Waals surface area (Å²) in [6.45, 7) is 9.64. The van der Waals surface area contributed by atoms with Gasteiger partial charge < -0.3 is 4.74 Å². The van der Waals surface area contributed by atoms with E-state index in [2.05, 4.69) is 177 Å². The molecule has 0 saturated carbocycles. The fourth-order valence-electron chi connectivity index (χ4n) is 7.59. The highest BCUT2D eigenvalue weighted by molar-refractivity contribution is 7.05. The van der Waals surface area contributed by atoms with Crippen LogP contribution in [0.2, 0.25) is 5.04 Å². The van der Waals surface area contributed by atoms with E-state index >= 15 is 0 Å². The lowest BCUT2D eigenvalue weighted by Crippen LogP contribution is -2.76. The van der Waals surface area contributed by atoms with E-state index in [-0.39, 0.29) is 10.8 Å². The van der Waals surface area contributed by atoms with Crippen molar-refractivity contribution in [3.8, 4) is 0 Å². The normalized spacial score (nSPS) is 16.7. The Hall–Kier alpha value is -3.76. The fourth-order valence-corrected chi connectivity index (χ4v) is 13.7. The van der Waals surface area contributed by atoms with Crippen LogP contribution < -0.4 is 10.4 Å². The Morgan fingerprint density at radius 2 is 0.905 bits per heavy atom. The van der Waals surface area contributed by atoms with Crippen LogP contribution in [0.3, 0.4) is 0 Å². The molecule has 1 atom stereocenters. The minimum atomic E-state index is -2.54. The molecular formula is C39H41NOSi. The van der Waals surface area contributed by atoms with Crippen molar-refractivity contribution in [1.29, 1.82) is 0 Å². The van der Waals surface area contributed by atoms with Gasteiger partial charge in [0.05, 0.1) is 17.9 Å². The van der Waals surface area contributed by atoms with Gasteiger partial charge in [0.1, 0.15) is 0 Å². The summed E-state index contributed by atoms with van der Waals surface area (Å²) in [5, 5.41) is 2.86. The van der Waals surface area contributed by atoms with E-state index in [0.717, 1.165) is 13.1 Å². The molecule has 1 heterocycles. The van der Waals surface area contributed by atoms with Crippen LogP contribution in [-0.4, -0.2) is 38.4 Å². The van der Waals surface area contributed by atoms with E-state index < -0.39 is 13.6 Å². The van der Waals surface area contributed by atoms with Gasteiger partial charge in [-0.1, -0.05) is 183 Å². The highest BCUT2D eigenvalue weighted by Gasteiger charge is 2.57. The van der Waals surface area contributed by atoms with Gasteiger partial charge in [-0.3, -0.25) is 4.90 Å². The van der Waals surface area contributed by atoms with Crippen LogP contribution in [0.25, 0.3) is 0 Å². The molecule has 0 bridgehead atoms. The van der Waals surface area contributed by atoms with Crippen LogP contribution in [0.4, 0.5) is 0 Å². The lowest BCUT2D eigenvalue weighted by atomic mass is 9.75. The van der Waals surface area contributed by atoms with Crippen molar-refractivity contribution in [3.05, 3.63) is 168 Å². The van der Waals surface area contributed by atoms with Crippen molar-refractivity contribution in [1.82, 2.24) is 4.90 Å². The van der Waals surface area contributed by atoms with Gasteiger partial charge in [0.15, 0.2) is 8.07 Å². The van der Waals surface area contributed by atoms with E-state index in [1.807, 2.05) is 0 Å². The Labute approximate surface area is 252 Å². The number of hydrogen-bond acceptors (Lipinski definition) is 2. The molecule has 6 rings (SSSR count). The third-order valence-corrected chi connectivity index (χ3v) is 15.4. The Bertz CT molecular complexity index is 1410. The van der Waals surface area contributed by atoms with Gasteiger partial charge in [-0.2, -0.15) is 0 Å². The van der Waals surface area contributed by atoms with E-state index in [9.17, 15) is 0 Å². The smallest absolute Gasteiger partial charge is 0.155 e. The summed E-state index contributed by atoms with van der Waals surface area (Å²) in [5.41, 5.74) is 3.44. The second-order valence-electron chi connectivity index (χ2n) is 12.4. The van der Waals surface area contributed by atoms with Gasteiger partial charge in [-0.15, -0.1) is 0 Å². The van der Waals surface area contributed by atoms with Crippen LogP contribution in [0, 0.1) is 0 Å². The number of ether oxygens (including phenoxy) is 1. The van der Waals surface area contributed by atoms with Gasteiger partial charge >= 0.3 is 0 Å². The zero-order valence-corrected chi connectivity index (χ0v) is 26.0. The largest absolute Gasteiger partial charge is 0.378 e. The lowest BCUT2D eigenvalue weighted by Gasteiger charge is -2.55. The molecule has 3 heteroatoms. The first-order valence-corrected chi connectivity index (χ1v) is 17.2. The van der Waals surface area contributed by atoms with Crippen LogP contribution in [0.15, 0.2) is 152 Å². The molecule has 0 aliphatic carbocycles. The van der Waals surface area contributed by atoms with Gasteiger partial charge in [0.25, 0.3) is 0 Å². The van der Waals surface area contributed by atoms with Crippen molar-refractivity contribution in [2.45, 2.75) is 37.1 Å². The van der Waals surface area contributed by atoms with Crippen LogP contribution in [0.1, 0.15) is 37.5 Å². The molecular weight excluding hydrogens is 527 g/mol. The SMILES string of the molecule is CC(C)(C)[Si](c1ccccc1)(c1ccccc1)C1CN(C(c2ccccc2)(c2ccccc2)c2ccccc2)CCO1. The fraction of sp³-hybridized carbons (Fsp3) is 0.231. The average molecular weight is 568 g/mol. The van der Waals surface area contributed by atoms with Crippen LogP contribution in [0.5, 0.6) is 0 Å². The molecule has 1 fully saturated rings. The molecule has 1 unspecified atom stereocenters. The molecule has 1 saturated heterocycles. The number of morpholine rings is 1. The maximum atomic E-state index is 7.03. The molecule has 212 valence electrons. The molecule has 5 aromatic rings. The van der Waals surface area contributed by atoms with Crippen LogP contribution >= 0.6 is 0 Å². The lowest BCUT2D eigenvalue weighted by molar-refractivity contribution is -0.0232. The number of hydrogen-bond donors (Lipinski definition) is 0. The van der Waals surface area contributed by atoms with Gasteiger partial charge in [0, 0.05) is 13.1 Å². The summed E-state index contributed by atoms with van der Waals surface area (Å²) in [7, 11) is -2.54. The Balaban J connectivity index is 1.60. The molecule has 0 aromatic heterocycles. The summed E-state index contributed by atoms with van der Waals surface area (Å²) >= 11 is 0. The summed E-state index contributed by atoms with van der Waals surface area (Å²) in [4.78, 5) is 2.72. The van der Waals surface area contributed by atoms with E-state index in [1.54, 1.807) is 0 Å². The minimum Gasteiger partial charge on any atom is -0.378 e. The molecule has 0 radical (unpaired) electrons. The molecule has 0 N–H and O–H groups in total. The molecule has 1 aliphatic heterocycles. The summed E-state index contributed by atoms with van der Waals surface area (Å²) in [6.07, 6.45) is 0. The Morgan fingerprint density at radius 3 is 1.26 bits per heavy atom. The molecule has 42 heavy (non-hydrogen) atoms. The highest BCUT2D eigenvalue weighted by Crippen LogP contribution is 2.46. The molecule has 2 nitrogen and oxygen atoms in total. The zero-order chi connectivity index (χ0) is 29.0. The van der Waals surface area contributed by atoms with Crippen LogP contribution in [-0.2, 0) is 10.3 Å². The van der Waals surface area contributed by atoms with Crippen molar-refractivity contribution in [3.63, 3.8) is 0 Å². The van der Waals surface area contributed by atoms with Gasteiger partial charge in [-0.25, -0.2) is 0 Å². The van der Waals surface area contributed by atoms with E-state index in [0.29, 0.717) is 6.61 Å². The van der Waals surface area contributed by atoms with Gasteiger partial charge in [0.2, 0.25) is 0 Å². The second kappa shape index (κ2) is 11.8. The first-order chi connectivity index (χ1) is 20.5. The van der Waals surface area contributed by atoms with Crippen molar-refractivity contribution >= 4 is 18.4 Å². The maximum absolute atomic E-state index is 7.03. The summed E-state index contributed by atoms with van der Waals surface area (Å²) in [6, 6.07) is 55.7. The van der Waals surface area contributed by atoms with Crippen molar-refractivity contribution in [2.75, 3.05) is 19.7 Å². The monoisotopic (exact) mass is 567 g/mol. The number of nitrogens with zero attached hydrogens (tertiary/aromatic N) is 1. The molecule has 1 aliphatic rings. The molecule has 0 amide bonds. The Morgan fingerprint density at radius 1 is 0.548 bits per heavy atom. The first-order valence-electron chi connectivity index (χ1n) is 15.1. The third-order valence-electron chi connectivity index (χ3n) is 9.24. The molecule has 5 aromatic carbocycles. The predicted octanol–water partition coefficient (Wildman–Crippen LogP) is 7.28. The van der Waals surface area contributed by atoms with E-state index in [1.165, 1.54) is 27.1 Å². The Kier molecular flexibility index (Phi) is 8.00. The highest BCUT2D eigenvalue weighted by atomic mass is 28.3. The third kappa shape index (κ3) is 4.76. The van der Waals surface area contributed by atoms with Crippen molar-refractivity contribution < 1.29 is 4.74 Å².